The van der Waals surface area contributed by atoms with Crippen molar-refractivity contribution in [3.05, 3.63) is 187 Å². The highest BCUT2D eigenvalue weighted by Crippen LogP contribution is 2.36. The average molecular weight is 637 g/mol. The van der Waals surface area contributed by atoms with Gasteiger partial charge < -0.3 is 9.13 Å². The second-order valence-corrected chi connectivity index (χ2v) is 13.0. The summed E-state index contributed by atoms with van der Waals surface area (Å²) in [6.45, 7) is 0. The number of fused-ring (bicyclic) bond motifs is 8. The van der Waals surface area contributed by atoms with Gasteiger partial charge in [-0.3, -0.25) is 0 Å². The molecule has 50 heavy (non-hydrogen) atoms. The van der Waals surface area contributed by atoms with Crippen LogP contribution in [0.3, 0.4) is 0 Å². The van der Waals surface area contributed by atoms with Crippen molar-refractivity contribution in [3.63, 3.8) is 0 Å². The molecule has 234 valence electrons. The van der Waals surface area contributed by atoms with Crippen LogP contribution in [0.5, 0.6) is 0 Å². The maximum atomic E-state index is 2.39. The Balaban J connectivity index is 1.13. The van der Waals surface area contributed by atoms with E-state index < -0.39 is 0 Å². The van der Waals surface area contributed by atoms with E-state index >= 15 is 0 Å². The van der Waals surface area contributed by atoms with E-state index in [0.717, 1.165) is 11.3 Å². The molecule has 0 saturated heterocycles. The van der Waals surface area contributed by atoms with Crippen LogP contribution >= 0.6 is 0 Å². The summed E-state index contributed by atoms with van der Waals surface area (Å²) in [4.78, 5) is 0. The zero-order valence-corrected chi connectivity index (χ0v) is 27.4. The summed E-state index contributed by atoms with van der Waals surface area (Å²) < 4.78 is 4.69. The molecule has 2 nitrogen and oxygen atoms in total. The fourth-order valence-corrected chi connectivity index (χ4v) is 7.80. The molecule has 0 spiro atoms. The Labute approximate surface area is 290 Å². The van der Waals surface area contributed by atoms with Crippen molar-refractivity contribution in [2.45, 2.75) is 0 Å². The third-order valence-electron chi connectivity index (χ3n) is 10.1. The fraction of sp³-hybridized carbons (Fsp3) is 0. The predicted molar refractivity (Wildman–Crippen MR) is 216 cm³/mol. The smallest absolute Gasteiger partial charge is 0.0541 e. The predicted octanol–water partition coefficient (Wildman–Crippen LogP) is 13.0. The zero-order valence-electron chi connectivity index (χ0n) is 27.4. The third-order valence-corrected chi connectivity index (χ3v) is 10.1. The topological polar surface area (TPSA) is 9.86 Å². The maximum Gasteiger partial charge on any atom is 0.0541 e. The van der Waals surface area contributed by atoms with Gasteiger partial charge in [-0.1, -0.05) is 127 Å². The Hall–Kier alpha value is -6.64. The third kappa shape index (κ3) is 4.57. The standard InChI is InChI=1S/C48H32N2/c1-2-14-37(15-3-1)50-47-26-23-33(22-25-40-38-16-6-4-12-35(38)32-36-13-5-7-17-39(36)40)30-43(47)44-31-34(24-27-48(44)50)28-29-49-45-20-10-8-18-41(45)42-19-9-11-21-46(42)49/h1-32H. The van der Waals surface area contributed by atoms with Crippen LogP contribution < -0.4 is 0 Å². The Kier molecular flexibility index (Phi) is 6.53. The van der Waals surface area contributed by atoms with Gasteiger partial charge in [0.1, 0.15) is 0 Å². The van der Waals surface area contributed by atoms with E-state index in [-0.39, 0.29) is 0 Å². The van der Waals surface area contributed by atoms with Crippen LogP contribution in [-0.4, -0.2) is 9.13 Å². The van der Waals surface area contributed by atoms with Crippen LogP contribution in [0.2, 0.25) is 0 Å². The van der Waals surface area contributed by atoms with Crippen molar-refractivity contribution in [1.82, 2.24) is 9.13 Å². The molecule has 0 amide bonds. The number of para-hydroxylation sites is 3. The molecule has 2 heterocycles. The molecule has 0 aliphatic heterocycles. The van der Waals surface area contributed by atoms with E-state index in [4.69, 9.17) is 0 Å². The first-order chi connectivity index (χ1) is 24.8. The molecule has 0 aliphatic carbocycles. The van der Waals surface area contributed by atoms with Gasteiger partial charge in [0, 0.05) is 33.4 Å². The lowest BCUT2D eigenvalue weighted by Crippen LogP contribution is -1.93. The summed E-state index contributed by atoms with van der Waals surface area (Å²) in [5.74, 6) is 0. The number of benzene rings is 8. The molecule has 2 heteroatoms. The number of aromatic nitrogens is 2. The molecule has 0 atom stereocenters. The average Bonchev–Trinajstić information content (AvgIpc) is 3.68. The van der Waals surface area contributed by atoms with Crippen molar-refractivity contribution in [2.75, 3.05) is 0 Å². The molecule has 10 aromatic rings. The highest BCUT2D eigenvalue weighted by molar-refractivity contribution is 6.12. The van der Waals surface area contributed by atoms with Gasteiger partial charge in [-0.05, 0) is 98.9 Å². The largest absolute Gasteiger partial charge is 0.316 e. The van der Waals surface area contributed by atoms with E-state index in [1.54, 1.807) is 0 Å². The first-order valence-corrected chi connectivity index (χ1v) is 17.2. The van der Waals surface area contributed by atoms with Crippen LogP contribution in [0.15, 0.2) is 170 Å². The van der Waals surface area contributed by atoms with Crippen molar-refractivity contribution in [2.24, 2.45) is 0 Å². The van der Waals surface area contributed by atoms with E-state index in [9.17, 15) is 0 Å². The molecule has 0 unspecified atom stereocenters. The first kappa shape index (κ1) is 28.4. The highest BCUT2D eigenvalue weighted by atomic mass is 15.0. The highest BCUT2D eigenvalue weighted by Gasteiger charge is 2.14. The van der Waals surface area contributed by atoms with Gasteiger partial charge in [0.2, 0.25) is 0 Å². The lowest BCUT2D eigenvalue weighted by atomic mass is 9.96. The molecule has 2 aromatic heterocycles. The molecule has 8 aromatic carbocycles. The summed E-state index contributed by atoms with van der Waals surface area (Å²) in [5.41, 5.74) is 9.56. The molecule has 0 N–H and O–H groups in total. The Bertz CT molecular complexity index is 2860. The van der Waals surface area contributed by atoms with Crippen LogP contribution in [0.1, 0.15) is 16.7 Å². The summed E-state index contributed by atoms with van der Waals surface area (Å²) in [7, 11) is 0. The normalized spacial score (nSPS) is 12.2. The van der Waals surface area contributed by atoms with E-state index in [2.05, 4.69) is 203 Å². The minimum atomic E-state index is 1.16. The molecule has 0 saturated carbocycles. The minimum Gasteiger partial charge on any atom is -0.316 e. The Morgan fingerprint density at radius 2 is 0.840 bits per heavy atom. The molecular weight excluding hydrogens is 605 g/mol. The van der Waals surface area contributed by atoms with Gasteiger partial charge in [-0.15, -0.1) is 0 Å². The van der Waals surface area contributed by atoms with Crippen LogP contribution in [0.25, 0.3) is 95.3 Å². The van der Waals surface area contributed by atoms with Gasteiger partial charge in [0.15, 0.2) is 0 Å². The van der Waals surface area contributed by atoms with E-state index in [1.165, 1.54) is 76.3 Å². The minimum absolute atomic E-state index is 1.16. The molecule has 0 fully saturated rings. The Morgan fingerprint density at radius 3 is 1.44 bits per heavy atom. The van der Waals surface area contributed by atoms with Crippen LogP contribution in [0.4, 0.5) is 0 Å². The molecular formula is C48H32N2. The van der Waals surface area contributed by atoms with Crippen molar-refractivity contribution >= 4 is 89.6 Å². The van der Waals surface area contributed by atoms with E-state index in [1.807, 2.05) is 0 Å². The maximum absolute atomic E-state index is 2.39. The summed E-state index contributed by atoms with van der Waals surface area (Å²) in [6, 6.07) is 61.3. The quantitative estimate of drug-likeness (QED) is 0.131. The summed E-state index contributed by atoms with van der Waals surface area (Å²) >= 11 is 0. The van der Waals surface area contributed by atoms with E-state index in [0.29, 0.717) is 0 Å². The lowest BCUT2D eigenvalue weighted by Gasteiger charge is -2.09. The van der Waals surface area contributed by atoms with Gasteiger partial charge in [0.05, 0.1) is 22.1 Å². The van der Waals surface area contributed by atoms with Crippen molar-refractivity contribution in [1.29, 1.82) is 0 Å². The molecule has 0 bridgehead atoms. The van der Waals surface area contributed by atoms with Gasteiger partial charge >= 0.3 is 0 Å². The SMILES string of the molecule is C(=Cc1c2ccccc2cc2ccccc12)c1ccc2c(c1)c1cc(C=Cn3c4ccccc4c4ccccc43)ccc1n2-c1ccccc1. The van der Waals surface area contributed by atoms with Gasteiger partial charge in [0.25, 0.3) is 0 Å². The van der Waals surface area contributed by atoms with Crippen LogP contribution in [0, 0.1) is 0 Å². The molecule has 10 rings (SSSR count). The Morgan fingerprint density at radius 1 is 0.340 bits per heavy atom. The number of rotatable bonds is 5. The number of hydrogen-bond acceptors (Lipinski definition) is 0. The number of hydrogen-bond donors (Lipinski definition) is 0. The summed E-state index contributed by atoms with van der Waals surface area (Å²) in [6.07, 6.45) is 9.01. The monoisotopic (exact) mass is 636 g/mol. The van der Waals surface area contributed by atoms with Crippen molar-refractivity contribution in [3.8, 4) is 5.69 Å². The van der Waals surface area contributed by atoms with Gasteiger partial charge in [-0.25, -0.2) is 0 Å². The lowest BCUT2D eigenvalue weighted by molar-refractivity contribution is 1.18. The number of nitrogens with zero attached hydrogens (tertiary/aromatic N) is 2. The zero-order chi connectivity index (χ0) is 33.0. The molecule has 0 aliphatic rings. The fourth-order valence-electron chi connectivity index (χ4n) is 7.80. The second-order valence-electron chi connectivity index (χ2n) is 13.0. The van der Waals surface area contributed by atoms with Gasteiger partial charge in [-0.2, -0.15) is 0 Å². The molecule has 0 radical (unpaired) electrons. The second kappa shape index (κ2) is 11.5. The first-order valence-electron chi connectivity index (χ1n) is 17.2. The van der Waals surface area contributed by atoms with Crippen molar-refractivity contribution < 1.29 is 0 Å². The van der Waals surface area contributed by atoms with Crippen LogP contribution in [-0.2, 0) is 0 Å². The summed E-state index contributed by atoms with van der Waals surface area (Å²) in [5, 5.41) is 10.1.